The summed E-state index contributed by atoms with van der Waals surface area (Å²) < 4.78 is 0. The first-order valence-electron chi connectivity index (χ1n) is 6.10. The van der Waals surface area contributed by atoms with E-state index in [0.29, 0.717) is 16.1 Å². The SMILES string of the molecule is NC(=S)c1ccc(NC2CCC(O)CC2)c(Cl)c1. The van der Waals surface area contributed by atoms with Gasteiger partial charge in [0.05, 0.1) is 16.8 Å². The first-order chi connectivity index (χ1) is 8.56. The molecule has 1 aromatic carbocycles. The second-order valence-corrected chi connectivity index (χ2v) is 5.56. The Hall–Kier alpha value is -0.840. The monoisotopic (exact) mass is 284 g/mol. The molecule has 4 N–H and O–H groups in total. The molecule has 2 rings (SSSR count). The summed E-state index contributed by atoms with van der Waals surface area (Å²) in [6.45, 7) is 0. The van der Waals surface area contributed by atoms with Gasteiger partial charge in [0.1, 0.15) is 4.99 Å². The molecule has 18 heavy (non-hydrogen) atoms. The molecule has 5 heteroatoms. The van der Waals surface area contributed by atoms with E-state index in [9.17, 15) is 5.11 Å². The lowest BCUT2D eigenvalue weighted by molar-refractivity contribution is 0.126. The molecule has 0 bridgehead atoms. The Morgan fingerprint density at radius 2 is 2.00 bits per heavy atom. The summed E-state index contributed by atoms with van der Waals surface area (Å²) in [7, 11) is 0. The second kappa shape index (κ2) is 5.87. The molecule has 0 spiro atoms. The van der Waals surface area contributed by atoms with Crippen molar-refractivity contribution in [3.05, 3.63) is 28.8 Å². The van der Waals surface area contributed by atoms with Gasteiger partial charge in [-0.3, -0.25) is 0 Å². The number of anilines is 1. The summed E-state index contributed by atoms with van der Waals surface area (Å²) in [6.07, 6.45) is 3.49. The van der Waals surface area contributed by atoms with Crippen LogP contribution in [0, 0.1) is 0 Å². The minimum atomic E-state index is -0.143. The molecule has 0 amide bonds. The number of halogens is 1. The quantitative estimate of drug-likeness (QED) is 0.747. The molecule has 0 heterocycles. The van der Waals surface area contributed by atoms with Crippen LogP contribution in [0.25, 0.3) is 0 Å². The maximum Gasteiger partial charge on any atom is 0.104 e. The Labute approximate surface area is 117 Å². The molecular formula is C13H17ClN2OS. The van der Waals surface area contributed by atoms with Gasteiger partial charge in [-0.25, -0.2) is 0 Å². The van der Waals surface area contributed by atoms with E-state index in [-0.39, 0.29) is 6.10 Å². The van der Waals surface area contributed by atoms with Crippen LogP contribution in [0.4, 0.5) is 5.69 Å². The van der Waals surface area contributed by atoms with Gasteiger partial charge in [0.15, 0.2) is 0 Å². The van der Waals surface area contributed by atoms with Crippen molar-refractivity contribution in [1.82, 2.24) is 0 Å². The Morgan fingerprint density at radius 3 is 2.56 bits per heavy atom. The van der Waals surface area contributed by atoms with Crippen LogP contribution in [0.3, 0.4) is 0 Å². The highest BCUT2D eigenvalue weighted by molar-refractivity contribution is 7.80. The van der Waals surface area contributed by atoms with Crippen LogP contribution < -0.4 is 11.1 Å². The number of hydrogen-bond donors (Lipinski definition) is 3. The third-order valence-electron chi connectivity index (χ3n) is 3.31. The predicted octanol–water partition coefficient (Wildman–Crippen LogP) is 2.69. The van der Waals surface area contributed by atoms with Crippen LogP contribution in [0.1, 0.15) is 31.2 Å². The minimum Gasteiger partial charge on any atom is -0.393 e. The van der Waals surface area contributed by atoms with E-state index in [1.54, 1.807) is 6.07 Å². The summed E-state index contributed by atoms with van der Waals surface area (Å²) in [5.41, 5.74) is 7.24. The van der Waals surface area contributed by atoms with Crippen molar-refractivity contribution in [2.24, 2.45) is 5.73 Å². The predicted molar refractivity (Wildman–Crippen MR) is 79.2 cm³/mol. The Bertz CT molecular complexity index is 445. The van der Waals surface area contributed by atoms with Crippen LogP contribution in [-0.4, -0.2) is 22.2 Å². The normalized spacial score (nSPS) is 23.7. The van der Waals surface area contributed by atoms with Gasteiger partial charge in [0.2, 0.25) is 0 Å². The summed E-state index contributed by atoms with van der Waals surface area (Å²) in [6, 6.07) is 5.93. The number of thiocarbonyl (C=S) groups is 1. The molecule has 1 aliphatic rings. The summed E-state index contributed by atoms with van der Waals surface area (Å²) in [5, 5.41) is 13.5. The standard InChI is InChI=1S/C13H17ClN2OS/c14-11-7-8(13(15)18)1-6-12(11)16-9-2-4-10(17)5-3-9/h1,6-7,9-10,16-17H,2-5H2,(H2,15,18). The van der Waals surface area contributed by atoms with E-state index in [1.807, 2.05) is 12.1 Å². The zero-order valence-electron chi connectivity index (χ0n) is 10.0. The van der Waals surface area contributed by atoms with Crippen LogP contribution in [0.15, 0.2) is 18.2 Å². The van der Waals surface area contributed by atoms with Crippen LogP contribution in [0.5, 0.6) is 0 Å². The number of rotatable bonds is 3. The highest BCUT2D eigenvalue weighted by Gasteiger charge is 2.19. The van der Waals surface area contributed by atoms with Crippen molar-refractivity contribution >= 4 is 34.5 Å². The zero-order chi connectivity index (χ0) is 13.1. The van der Waals surface area contributed by atoms with Crippen LogP contribution in [-0.2, 0) is 0 Å². The summed E-state index contributed by atoms with van der Waals surface area (Å²) in [5.74, 6) is 0. The largest absolute Gasteiger partial charge is 0.393 e. The number of aliphatic hydroxyl groups is 1. The highest BCUT2D eigenvalue weighted by Crippen LogP contribution is 2.27. The van der Waals surface area contributed by atoms with Crippen molar-refractivity contribution in [1.29, 1.82) is 0 Å². The molecule has 0 atom stereocenters. The van der Waals surface area contributed by atoms with Gasteiger partial charge in [-0.2, -0.15) is 0 Å². The fourth-order valence-electron chi connectivity index (χ4n) is 2.23. The topological polar surface area (TPSA) is 58.3 Å². The van der Waals surface area contributed by atoms with Gasteiger partial charge in [-0.15, -0.1) is 0 Å². The third kappa shape index (κ3) is 3.34. The molecule has 1 aromatic rings. The molecule has 0 aromatic heterocycles. The van der Waals surface area contributed by atoms with Crippen molar-refractivity contribution in [2.45, 2.75) is 37.8 Å². The number of nitrogens with one attached hydrogen (secondary N) is 1. The van der Waals surface area contributed by atoms with Gasteiger partial charge in [0, 0.05) is 11.6 Å². The van der Waals surface area contributed by atoms with E-state index < -0.39 is 0 Å². The molecule has 0 radical (unpaired) electrons. The van der Waals surface area contributed by atoms with E-state index in [1.165, 1.54) is 0 Å². The van der Waals surface area contributed by atoms with Crippen LogP contribution >= 0.6 is 23.8 Å². The van der Waals surface area contributed by atoms with Gasteiger partial charge >= 0.3 is 0 Å². The number of nitrogens with two attached hydrogens (primary N) is 1. The highest BCUT2D eigenvalue weighted by atomic mass is 35.5. The minimum absolute atomic E-state index is 0.143. The van der Waals surface area contributed by atoms with E-state index >= 15 is 0 Å². The zero-order valence-corrected chi connectivity index (χ0v) is 11.6. The third-order valence-corrected chi connectivity index (χ3v) is 3.86. The molecule has 1 aliphatic carbocycles. The lowest BCUT2D eigenvalue weighted by atomic mass is 9.93. The summed E-state index contributed by atoms with van der Waals surface area (Å²) >= 11 is 11.1. The average molecular weight is 285 g/mol. The average Bonchev–Trinajstić information content (AvgIpc) is 2.34. The second-order valence-electron chi connectivity index (χ2n) is 4.71. The molecule has 3 nitrogen and oxygen atoms in total. The van der Waals surface area contributed by atoms with E-state index in [4.69, 9.17) is 29.6 Å². The smallest absolute Gasteiger partial charge is 0.104 e. The van der Waals surface area contributed by atoms with Gasteiger partial charge in [-0.05, 0) is 43.9 Å². The van der Waals surface area contributed by atoms with Crippen LogP contribution in [0.2, 0.25) is 5.02 Å². The number of hydrogen-bond acceptors (Lipinski definition) is 3. The lowest BCUT2D eigenvalue weighted by Crippen LogP contribution is -2.28. The van der Waals surface area contributed by atoms with Crippen molar-refractivity contribution in [3.8, 4) is 0 Å². The fourth-order valence-corrected chi connectivity index (χ4v) is 2.59. The Morgan fingerprint density at radius 1 is 1.33 bits per heavy atom. The molecule has 1 saturated carbocycles. The molecule has 98 valence electrons. The molecule has 0 unspecified atom stereocenters. The van der Waals surface area contributed by atoms with Crippen molar-refractivity contribution in [2.75, 3.05) is 5.32 Å². The fraction of sp³-hybridized carbons (Fsp3) is 0.462. The van der Waals surface area contributed by atoms with E-state index in [0.717, 1.165) is 36.9 Å². The number of benzene rings is 1. The summed E-state index contributed by atoms with van der Waals surface area (Å²) in [4.78, 5) is 0.351. The van der Waals surface area contributed by atoms with Crippen molar-refractivity contribution < 1.29 is 5.11 Å². The molecule has 0 aliphatic heterocycles. The Balaban J connectivity index is 2.03. The maximum atomic E-state index is 9.46. The molecule has 1 fully saturated rings. The van der Waals surface area contributed by atoms with Gasteiger partial charge < -0.3 is 16.2 Å². The van der Waals surface area contributed by atoms with Gasteiger partial charge in [0.25, 0.3) is 0 Å². The Kier molecular flexibility index (Phi) is 4.43. The first kappa shape index (κ1) is 13.6. The first-order valence-corrected chi connectivity index (χ1v) is 6.89. The lowest BCUT2D eigenvalue weighted by Gasteiger charge is -2.27. The van der Waals surface area contributed by atoms with Gasteiger partial charge in [-0.1, -0.05) is 23.8 Å². The van der Waals surface area contributed by atoms with Crippen molar-refractivity contribution in [3.63, 3.8) is 0 Å². The number of aliphatic hydroxyl groups excluding tert-OH is 1. The maximum absolute atomic E-state index is 9.46. The molecular weight excluding hydrogens is 268 g/mol. The van der Waals surface area contributed by atoms with E-state index in [2.05, 4.69) is 5.32 Å². The molecule has 0 saturated heterocycles.